The maximum Gasteiger partial charge on any atom is 0.0809 e. The summed E-state index contributed by atoms with van der Waals surface area (Å²) in [5.74, 6) is 0. The minimum atomic E-state index is -0.280. The van der Waals surface area contributed by atoms with E-state index in [0.717, 1.165) is 25.9 Å². The first-order chi connectivity index (χ1) is 10.2. The number of halogens is 1. The summed E-state index contributed by atoms with van der Waals surface area (Å²) in [6.07, 6.45) is 3.60. The van der Waals surface area contributed by atoms with E-state index in [9.17, 15) is 0 Å². The number of hydrogen-bond donors (Lipinski definition) is 1. The van der Waals surface area contributed by atoms with Crippen molar-refractivity contribution in [1.29, 1.82) is 0 Å². The van der Waals surface area contributed by atoms with Gasteiger partial charge in [-0.05, 0) is 39.0 Å². The van der Waals surface area contributed by atoms with Gasteiger partial charge in [0.1, 0.15) is 0 Å². The molecule has 1 unspecified atom stereocenters. The van der Waals surface area contributed by atoms with Gasteiger partial charge in [0.15, 0.2) is 0 Å². The maximum atomic E-state index is 6.43. The lowest BCUT2D eigenvalue weighted by Gasteiger charge is -2.15. The number of methoxy groups -OCH3 is 1. The molecule has 0 spiro atoms. The van der Waals surface area contributed by atoms with Crippen molar-refractivity contribution in [2.75, 3.05) is 13.7 Å². The fourth-order valence-electron chi connectivity index (χ4n) is 2.23. The molecular formula is C14H15BrN4OS. The zero-order valence-corrected chi connectivity index (χ0v) is 13.9. The number of aromatic nitrogens is 3. The number of hydrogen-bond acceptors (Lipinski definition) is 5. The highest BCUT2D eigenvalue weighted by molar-refractivity contribution is 9.10. The largest absolute Gasteiger partial charge is 0.383 e. The number of nitrogens with two attached hydrogens (primary N) is 1. The van der Waals surface area contributed by atoms with Crippen molar-refractivity contribution in [3.8, 4) is 0 Å². The van der Waals surface area contributed by atoms with Crippen LogP contribution in [0, 0.1) is 0 Å². The molecule has 3 aromatic heterocycles. The average Bonchev–Trinajstić information content (AvgIpc) is 3.10. The van der Waals surface area contributed by atoms with Crippen LogP contribution in [0.3, 0.4) is 0 Å². The van der Waals surface area contributed by atoms with Crippen molar-refractivity contribution in [3.63, 3.8) is 0 Å². The van der Waals surface area contributed by atoms with E-state index in [0.29, 0.717) is 13.2 Å². The molecule has 3 rings (SSSR count). The van der Waals surface area contributed by atoms with Crippen molar-refractivity contribution < 1.29 is 4.74 Å². The number of nitrogens with zero attached hydrogens (tertiary/aromatic N) is 3. The van der Waals surface area contributed by atoms with E-state index in [1.54, 1.807) is 24.6 Å². The highest BCUT2D eigenvalue weighted by Gasteiger charge is 2.19. The van der Waals surface area contributed by atoms with E-state index in [2.05, 4.69) is 32.1 Å². The third-order valence-electron chi connectivity index (χ3n) is 3.32. The highest BCUT2D eigenvalue weighted by Crippen LogP contribution is 2.29. The minimum absolute atomic E-state index is 0.280. The second kappa shape index (κ2) is 6.23. The summed E-state index contributed by atoms with van der Waals surface area (Å²) in [4.78, 5) is 4.45. The lowest BCUT2D eigenvalue weighted by molar-refractivity contribution is 0.182. The van der Waals surface area contributed by atoms with Crippen LogP contribution in [0.15, 0.2) is 34.4 Å². The maximum absolute atomic E-state index is 6.43. The van der Waals surface area contributed by atoms with Crippen LogP contribution in [0.2, 0.25) is 0 Å². The quantitative estimate of drug-likeness (QED) is 0.753. The third-order valence-corrected chi connectivity index (χ3v) is 4.78. The molecule has 0 aliphatic heterocycles. The van der Waals surface area contributed by atoms with Crippen LogP contribution in [0.5, 0.6) is 0 Å². The van der Waals surface area contributed by atoms with Crippen molar-refractivity contribution >= 4 is 37.5 Å². The predicted molar refractivity (Wildman–Crippen MR) is 87.5 cm³/mol. The van der Waals surface area contributed by atoms with Crippen LogP contribution in [0.1, 0.15) is 17.3 Å². The molecule has 0 aliphatic rings. The Morgan fingerprint density at radius 3 is 3.14 bits per heavy atom. The van der Waals surface area contributed by atoms with Gasteiger partial charge in [0.25, 0.3) is 0 Å². The fraction of sp³-hybridized carbons (Fsp3) is 0.286. The van der Waals surface area contributed by atoms with Gasteiger partial charge in [-0.2, -0.15) is 5.10 Å². The molecule has 21 heavy (non-hydrogen) atoms. The second-order valence-electron chi connectivity index (χ2n) is 4.64. The summed E-state index contributed by atoms with van der Waals surface area (Å²) in [5.41, 5.74) is 9.34. The summed E-state index contributed by atoms with van der Waals surface area (Å²) in [5, 5.41) is 6.38. The van der Waals surface area contributed by atoms with E-state index in [4.69, 9.17) is 10.5 Å². The van der Waals surface area contributed by atoms with Gasteiger partial charge in [-0.25, -0.2) is 0 Å². The van der Waals surface area contributed by atoms with E-state index in [1.807, 2.05) is 22.3 Å². The summed E-state index contributed by atoms with van der Waals surface area (Å²) < 4.78 is 9.03. The number of ether oxygens (including phenoxy) is 1. The van der Waals surface area contributed by atoms with Gasteiger partial charge >= 0.3 is 0 Å². The normalized spacial score (nSPS) is 12.9. The van der Waals surface area contributed by atoms with E-state index < -0.39 is 0 Å². The molecule has 0 saturated carbocycles. The first-order valence-corrected chi connectivity index (χ1v) is 8.17. The molecule has 7 heteroatoms. The third kappa shape index (κ3) is 2.87. The van der Waals surface area contributed by atoms with Crippen LogP contribution in [0.4, 0.5) is 0 Å². The fourth-order valence-corrected chi connectivity index (χ4v) is 3.56. The molecule has 0 fully saturated rings. The first kappa shape index (κ1) is 14.6. The average molecular weight is 367 g/mol. The Kier molecular flexibility index (Phi) is 4.34. The Labute approximate surface area is 134 Å². The Morgan fingerprint density at radius 2 is 2.33 bits per heavy atom. The van der Waals surface area contributed by atoms with Crippen molar-refractivity contribution in [2.24, 2.45) is 5.73 Å². The first-order valence-electron chi connectivity index (χ1n) is 6.49. The van der Waals surface area contributed by atoms with E-state index in [1.165, 1.54) is 0 Å². The molecule has 0 bridgehead atoms. The number of thiophene rings is 1. The lowest BCUT2D eigenvalue weighted by Crippen LogP contribution is -2.19. The smallest absolute Gasteiger partial charge is 0.0809 e. The van der Waals surface area contributed by atoms with Crippen LogP contribution in [-0.2, 0) is 11.3 Å². The van der Waals surface area contributed by atoms with Gasteiger partial charge in [-0.3, -0.25) is 9.67 Å². The zero-order chi connectivity index (χ0) is 14.8. The van der Waals surface area contributed by atoms with Crippen LogP contribution < -0.4 is 5.73 Å². The van der Waals surface area contributed by atoms with Crippen LogP contribution in [0.25, 0.3) is 10.2 Å². The van der Waals surface area contributed by atoms with Crippen molar-refractivity contribution in [2.45, 2.75) is 12.6 Å². The van der Waals surface area contributed by atoms with Crippen LogP contribution in [-0.4, -0.2) is 28.5 Å². The Bertz CT molecular complexity index is 754. The standard InChI is InChI=1S/C14H15BrN4OS/c1-20-4-3-19-14(10(15)8-18-19)13(16)9-6-12-11(17-7-9)2-5-21-12/h2,5-8,13H,3-4,16H2,1H3. The Balaban J connectivity index is 1.96. The highest BCUT2D eigenvalue weighted by atomic mass is 79.9. The Morgan fingerprint density at radius 1 is 1.48 bits per heavy atom. The summed E-state index contributed by atoms with van der Waals surface area (Å²) >= 11 is 5.19. The Hall–Kier alpha value is -1.28. The molecule has 0 amide bonds. The van der Waals surface area contributed by atoms with Gasteiger partial charge in [-0.15, -0.1) is 11.3 Å². The number of rotatable bonds is 5. The molecule has 1 atom stereocenters. The molecule has 3 aromatic rings. The SMILES string of the molecule is COCCn1ncc(Br)c1C(N)c1cnc2ccsc2c1. The van der Waals surface area contributed by atoms with E-state index in [-0.39, 0.29) is 6.04 Å². The lowest BCUT2D eigenvalue weighted by atomic mass is 10.1. The summed E-state index contributed by atoms with van der Waals surface area (Å²) in [7, 11) is 1.67. The molecule has 0 aliphatic carbocycles. The predicted octanol–water partition coefficient (Wildman–Crippen LogP) is 2.95. The van der Waals surface area contributed by atoms with Gasteiger partial charge < -0.3 is 10.5 Å². The van der Waals surface area contributed by atoms with Gasteiger partial charge in [0, 0.05) is 13.3 Å². The molecule has 0 aromatic carbocycles. The number of pyridine rings is 1. The second-order valence-corrected chi connectivity index (χ2v) is 6.45. The molecule has 110 valence electrons. The molecule has 2 N–H and O–H groups in total. The zero-order valence-electron chi connectivity index (χ0n) is 11.5. The molecular weight excluding hydrogens is 352 g/mol. The van der Waals surface area contributed by atoms with Crippen molar-refractivity contribution in [1.82, 2.24) is 14.8 Å². The van der Waals surface area contributed by atoms with Gasteiger partial charge in [0.05, 0.1) is 45.8 Å². The summed E-state index contributed by atoms with van der Waals surface area (Å²) in [6.45, 7) is 1.26. The van der Waals surface area contributed by atoms with Gasteiger partial charge in [0.2, 0.25) is 0 Å². The number of fused-ring (bicyclic) bond motifs is 1. The van der Waals surface area contributed by atoms with Crippen molar-refractivity contribution in [3.05, 3.63) is 45.6 Å². The topological polar surface area (TPSA) is 66.0 Å². The van der Waals surface area contributed by atoms with Crippen LogP contribution >= 0.6 is 27.3 Å². The molecule has 0 saturated heterocycles. The van der Waals surface area contributed by atoms with Gasteiger partial charge in [-0.1, -0.05) is 0 Å². The molecule has 3 heterocycles. The minimum Gasteiger partial charge on any atom is -0.383 e. The molecule has 5 nitrogen and oxygen atoms in total. The molecule has 0 radical (unpaired) electrons. The monoisotopic (exact) mass is 366 g/mol. The van der Waals surface area contributed by atoms with E-state index >= 15 is 0 Å². The summed E-state index contributed by atoms with van der Waals surface area (Å²) in [6, 6.07) is 3.82.